The Bertz CT molecular complexity index is 1650. The number of carbonyl (C=O) groups excluding carboxylic acids is 2. The number of aryl methyl sites for hydroxylation is 1. The van der Waals surface area contributed by atoms with Crippen molar-refractivity contribution in [1.29, 1.82) is 0 Å². The molecule has 6 rings (SSSR count). The second-order valence-corrected chi connectivity index (χ2v) is 9.11. The van der Waals surface area contributed by atoms with Crippen LogP contribution in [0.3, 0.4) is 0 Å². The van der Waals surface area contributed by atoms with E-state index in [0.29, 0.717) is 22.4 Å². The van der Waals surface area contributed by atoms with Gasteiger partial charge in [-0.05, 0) is 61.9 Å². The van der Waals surface area contributed by atoms with Crippen LogP contribution in [0.25, 0.3) is 22.3 Å². The standard InChI is InChI=1S/C29H23N3O5/c1-16-7-10-20(11-8-16)30-29(34)27-26(21-5-3-4-6-24(21)36-27)31-28(33)22-15-25(37-32-22)18-9-12-23-19(14-18)13-17(2)35-23/h3-12,14-15,17H,13H2,1-2H3,(H,30,34)(H,31,33). The maximum absolute atomic E-state index is 13.2. The molecule has 1 atom stereocenters. The molecule has 3 aromatic carbocycles. The normalized spacial score (nSPS) is 14.3. The molecule has 0 bridgehead atoms. The highest BCUT2D eigenvalue weighted by atomic mass is 16.5. The summed E-state index contributed by atoms with van der Waals surface area (Å²) in [6, 6.07) is 21.8. The lowest BCUT2D eigenvalue weighted by Crippen LogP contribution is -2.17. The summed E-state index contributed by atoms with van der Waals surface area (Å²) < 4.78 is 17.1. The first kappa shape index (κ1) is 22.6. The highest BCUT2D eigenvalue weighted by Gasteiger charge is 2.25. The maximum Gasteiger partial charge on any atom is 0.293 e. The molecule has 2 amide bonds. The Labute approximate surface area is 212 Å². The lowest BCUT2D eigenvalue weighted by Gasteiger charge is -2.06. The summed E-state index contributed by atoms with van der Waals surface area (Å²) in [6.07, 6.45) is 0.939. The van der Waals surface area contributed by atoms with E-state index >= 15 is 0 Å². The summed E-state index contributed by atoms with van der Waals surface area (Å²) in [5, 5.41) is 10.2. The number of benzene rings is 3. The van der Waals surface area contributed by atoms with Gasteiger partial charge in [0.1, 0.15) is 23.1 Å². The molecule has 8 heteroatoms. The minimum absolute atomic E-state index is 0.00779. The quantitative estimate of drug-likeness (QED) is 0.301. The van der Waals surface area contributed by atoms with Gasteiger partial charge < -0.3 is 24.3 Å². The van der Waals surface area contributed by atoms with Gasteiger partial charge in [-0.15, -0.1) is 0 Å². The van der Waals surface area contributed by atoms with E-state index in [4.69, 9.17) is 13.7 Å². The van der Waals surface area contributed by atoms with E-state index in [1.165, 1.54) is 0 Å². The average molecular weight is 494 g/mol. The zero-order valence-corrected chi connectivity index (χ0v) is 20.2. The fourth-order valence-electron chi connectivity index (χ4n) is 4.43. The maximum atomic E-state index is 13.2. The molecule has 0 saturated heterocycles. The van der Waals surface area contributed by atoms with Gasteiger partial charge in [0.15, 0.2) is 11.5 Å². The van der Waals surface area contributed by atoms with Crippen LogP contribution in [0.1, 0.15) is 39.1 Å². The molecule has 184 valence electrons. The Hall–Kier alpha value is -4.85. The van der Waals surface area contributed by atoms with Gasteiger partial charge in [0.2, 0.25) is 5.76 Å². The van der Waals surface area contributed by atoms with Gasteiger partial charge in [0.25, 0.3) is 11.8 Å². The third-order valence-electron chi connectivity index (χ3n) is 6.27. The van der Waals surface area contributed by atoms with E-state index in [1.54, 1.807) is 36.4 Å². The summed E-state index contributed by atoms with van der Waals surface area (Å²) in [7, 11) is 0. The Morgan fingerprint density at radius 3 is 2.59 bits per heavy atom. The number of fused-ring (bicyclic) bond motifs is 2. The molecule has 3 heterocycles. The summed E-state index contributed by atoms with van der Waals surface area (Å²) >= 11 is 0. The van der Waals surface area contributed by atoms with Crippen LogP contribution < -0.4 is 15.4 Å². The van der Waals surface area contributed by atoms with Crippen molar-refractivity contribution in [2.75, 3.05) is 10.6 Å². The number of aromatic nitrogens is 1. The third kappa shape index (κ3) is 4.33. The molecule has 2 aromatic heterocycles. The van der Waals surface area contributed by atoms with Gasteiger partial charge in [-0.1, -0.05) is 35.0 Å². The first-order valence-electron chi connectivity index (χ1n) is 11.9. The summed E-state index contributed by atoms with van der Waals surface area (Å²) in [6.45, 7) is 3.98. The molecule has 0 radical (unpaired) electrons. The van der Waals surface area contributed by atoms with Crippen LogP contribution >= 0.6 is 0 Å². The molecule has 1 aliphatic heterocycles. The number of nitrogens with one attached hydrogen (secondary N) is 2. The Balaban J connectivity index is 1.27. The number of carbonyl (C=O) groups is 2. The number of amides is 2. The van der Waals surface area contributed by atoms with Crippen LogP contribution in [0.4, 0.5) is 11.4 Å². The van der Waals surface area contributed by atoms with Crippen LogP contribution in [0, 0.1) is 6.92 Å². The largest absolute Gasteiger partial charge is 0.490 e. The van der Waals surface area contributed by atoms with Gasteiger partial charge in [-0.25, -0.2) is 0 Å². The van der Waals surface area contributed by atoms with Gasteiger partial charge >= 0.3 is 0 Å². The molecule has 1 aliphatic rings. The van der Waals surface area contributed by atoms with E-state index in [0.717, 1.165) is 28.9 Å². The molecule has 8 nitrogen and oxygen atoms in total. The number of rotatable bonds is 5. The van der Waals surface area contributed by atoms with Crippen molar-refractivity contribution in [3.63, 3.8) is 0 Å². The minimum atomic E-state index is -0.524. The number of anilines is 2. The molecule has 37 heavy (non-hydrogen) atoms. The smallest absolute Gasteiger partial charge is 0.293 e. The molecular formula is C29H23N3O5. The average Bonchev–Trinajstić information content (AvgIpc) is 3.61. The summed E-state index contributed by atoms with van der Waals surface area (Å²) in [5.74, 6) is 0.306. The van der Waals surface area contributed by atoms with Crippen LogP contribution in [0.15, 0.2) is 81.7 Å². The molecule has 2 N–H and O–H groups in total. The van der Waals surface area contributed by atoms with Crippen molar-refractivity contribution in [2.45, 2.75) is 26.4 Å². The fraction of sp³-hybridized carbons (Fsp3) is 0.138. The second kappa shape index (κ2) is 8.98. The summed E-state index contributed by atoms with van der Waals surface area (Å²) in [5.41, 5.74) is 4.39. The van der Waals surface area contributed by atoms with Gasteiger partial charge in [-0.2, -0.15) is 0 Å². The summed E-state index contributed by atoms with van der Waals surface area (Å²) in [4.78, 5) is 26.3. The monoisotopic (exact) mass is 493 g/mol. The number of hydrogen-bond donors (Lipinski definition) is 2. The fourth-order valence-corrected chi connectivity index (χ4v) is 4.43. The van der Waals surface area contributed by atoms with Crippen LogP contribution in [-0.4, -0.2) is 23.1 Å². The Morgan fingerprint density at radius 1 is 0.946 bits per heavy atom. The van der Waals surface area contributed by atoms with Crippen molar-refractivity contribution < 1.29 is 23.3 Å². The van der Waals surface area contributed by atoms with Crippen molar-refractivity contribution in [3.8, 4) is 17.1 Å². The van der Waals surface area contributed by atoms with E-state index in [2.05, 4.69) is 15.8 Å². The zero-order chi connectivity index (χ0) is 25.5. The highest BCUT2D eigenvalue weighted by molar-refractivity contribution is 6.16. The van der Waals surface area contributed by atoms with E-state index in [1.807, 2.05) is 50.2 Å². The van der Waals surface area contributed by atoms with Crippen LogP contribution in [-0.2, 0) is 6.42 Å². The number of furan rings is 1. The van der Waals surface area contributed by atoms with E-state index in [9.17, 15) is 9.59 Å². The Kier molecular flexibility index (Phi) is 5.49. The molecule has 0 saturated carbocycles. The number of para-hydroxylation sites is 1. The predicted octanol–water partition coefficient (Wildman–Crippen LogP) is 6.22. The highest BCUT2D eigenvalue weighted by Crippen LogP contribution is 2.34. The van der Waals surface area contributed by atoms with Gasteiger partial charge in [-0.3, -0.25) is 9.59 Å². The molecule has 0 spiro atoms. The van der Waals surface area contributed by atoms with Crippen molar-refractivity contribution >= 4 is 34.2 Å². The van der Waals surface area contributed by atoms with Crippen LogP contribution in [0.2, 0.25) is 0 Å². The zero-order valence-electron chi connectivity index (χ0n) is 20.2. The first-order valence-corrected chi connectivity index (χ1v) is 11.9. The van der Waals surface area contributed by atoms with Gasteiger partial charge in [0.05, 0.1) is 0 Å². The first-order chi connectivity index (χ1) is 17.9. The van der Waals surface area contributed by atoms with Gasteiger partial charge in [0, 0.05) is 29.1 Å². The van der Waals surface area contributed by atoms with Crippen LogP contribution in [0.5, 0.6) is 5.75 Å². The minimum Gasteiger partial charge on any atom is -0.490 e. The van der Waals surface area contributed by atoms with E-state index < -0.39 is 11.8 Å². The second-order valence-electron chi connectivity index (χ2n) is 9.11. The molecule has 1 unspecified atom stereocenters. The SMILES string of the molecule is Cc1ccc(NC(=O)c2oc3ccccc3c2NC(=O)c2cc(-c3ccc4c(c3)CC(C)O4)on2)cc1. The third-order valence-corrected chi connectivity index (χ3v) is 6.27. The predicted molar refractivity (Wildman–Crippen MR) is 139 cm³/mol. The molecule has 0 aliphatic carbocycles. The topological polar surface area (TPSA) is 107 Å². The lowest BCUT2D eigenvalue weighted by atomic mass is 10.1. The number of ether oxygens (including phenoxy) is 1. The lowest BCUT2D eigenvalue weighted by molar-refractivity contribution is 0.0999. The molecular weight excluding hydrogens is 470 g/mol. The molecule has 0 fully saturated rings. The van der Waals surface area contributed by atoms with E-state index in [-0.39, 0.29) is 23.2 Å². The van der Waals surface area contributed by atoms with Crippen molar-refractivity contribution in [1.82, 2.24) is 5.16 Å². The Morgan fingerprint density at radius 2 is 1.76 bits per heavy atom. The van der Waals surface area contributed by atoms with Crippen molar-refractivity contribution in [3.05, 3.63) is 95.4 Å². The molecule has 5 aromatic rings. The number of nitrogens with zero attached hydrogens (tertiary/aromatic N) is 1. The van der Waals surface area contributed by atoms with Crippen molar-refractivity contribution in [2.24, 2.45) is 0 Å². The number of hydrogen-bond acceptors (Lipinski definition) is 6.